The third-order valence-electron chi connectivity index (χ3n) is 11.0. The molecule has 1 aromatic heterocycles. The summed E-state index contributed by atoms with van der Waals surface area (Å²) >= 11 is 0. The number of nitrogens with zero attached hydrogens (tertiary/aromatic N) is 1. The molecule has 2 nitrogen and oxygen atoms in total. The second kappa shape index (κ2) is 14.6. The number of fused-ring (bicyclic) bond motifs is 4. The van der Waals surface area contributed by atoms with E-state index in [1.807, 2.05) is 12.1 Å². The maximum atomic E-state index is 6.41. The van der Waals surface area contributed by atoms with E-state index in [0.717, 1.165) is 51.8 Å². The molecule has 0 amide bonds. The SMILES string of the molecule is c1ccc(Cc2cc(N(c3ccccc3)c3ccc4c(c3)oc3ccccc34)ccc2-c2c(Cc3ccccc3)ccc3c(-c4ccccc4)cccc23)cc1. The molecule has 0 atom stereocenters. The van der Waals surface area contributed by atoms with Gasteiger partial charge in [-0.15, -0.1) is 0 Å². The molecule has 0 spiro atoms. The topological polar surface area (TPSA) is 16.4 Å². The zero-order chi connectivity index (χ0) is 37.3. The van der Waals surface area contributed by atoms with E-state index >= 15 is 0 Å². The molecule has 0 aliphatic rings. The number of rotatable bonds is 9. The Kier molecular flexibility index (Phi) is 8.70. The second-order valence-electron chi connectivity index (χ2n) is 14.5. The van der Waals surface area contributed by atoms with Crippen LogP contribution in [0.1, 0.15) is 22.3 Å². The van der Waals surface area contributed by atoms with Gasteiger partial charge in [0.25, 0.3) is 0 Å². The standard InChI is InChI=1S/C54H39NO/c1-5-16-38(17-6-1)34-41-28-31-48-46(40-20-9-3-10-21-40)25-15-26-51(48)54(41)47-32-29-44(36-42(47)35-39-18-7-2-8-19-39)55(43-22-11-4-12-23-43)45-30-33-50-49-24-13-14-27-52(49)56-53(50)37-45/h1-33,36-37H,34-35H2. The third kappa shape index (κ3) is 6.32. The fourth-order valence-corrected chi connectivity index (χ4v) is 8.36. The number of hydrogen-bond donors (Lipinski definition) is 0. The van der Waals surface area contributed by atoms with E-state index in [-0.39, 0.29) is 0 Å². The first-order valence-corrected chi connectivity index (χ1v) is 19.3. The minimum atomic E-state index is 0.786. The van der Waals surface area contributed by atoms with Gasteiger partial charge < -0.3 is 9.32 Å². The Bertz CT molecular complexity index is 2950. The van der Waals surface area contributed by atoms with Crippen molar-refractivity contribution in [3.05, 3.63) is 235 Å². The molecule has 0 saturated carbocycles. The molecular weight excluding hydrogens is 679 g/mol. The summed E-state index contributed by atoms with van der Waals surface area (Å²) in [4.78, 5) is 2.35. The maximum Gasteiger partial charge on any atom is 0.137 e. The van der Waals surface area contributed by atoms with E-state index < -0.39 is 0 Å². The van der Waals surface area contributed by atoms with Crippen LogP contribution >= 0.6 is 0 Å². The van der Waals surface area contributed by atoms with Crippen LogP contribution in [0.25, 0.3) is 55.0 Å². The first-order valence-electron chi connectivity index (χ1n) is 19.3. The molecule has 0 radical (unpaired) electrons. The zero-order valence-electron chi connectivity index (χ0n) is 31.0. The Morgan fingerprint density at radius 3 is 1.66 bits per heavy atom. The number of hydrogen-bond acceptors (Lipinski definition) is 2. The molecule has 0 aliphatic carbocycles. The summed E-state index contributed by atoms with van der Waals surface area (Å²) in [5.41, 5.74) is 15.2. The summed E-state index contributed by atoms with van der Waals surface area (Å²) in [5.74, 6) is 0. The van der Waals surface area contributed by atoms with E-state index in [1.165, 1.54) is 55.3 Å². The molecule has 0 bridgehead atoms. The van der Waals surface area contributed by atoms with E-state index in [0.29, 0.717) is 0 Å². The number of furan rings is 1. The van der Waals surface area contributed by atoms with E-state index in [1.54, 1.807) is 0 Å². The van der Waals surface area contributed by atoms with Gasteiger partial charge in [-0.1, -0.05) is 164 Å². The van der Waals surface area contributed by atoms with Gasteiger partial charge in [-0.25, -0.2) is 0 Å². The van der Waals surface area contributed by atoms with E-state index in [2.05, 4.69) is 205 Å². The summed E-state index contributed by atoms with van der Waals surface area (Å²) in [7, 11) is 0. The lowest BCUT2D eigenvalue weighted by Gasteiger charge is -2.27. The highest BCUT2D eigenvalue weighted by atomic mass is 16.3. The van der Waals surface area contributed by atoms with Gasteiger partial charge in [-0.3, -0.25) is 0 Å². The summed E-state index contributed by atoms with van der Waals surface area (Å²) in [6.45, 7) is 0. The number of anilines is 3. The van der Waals surface area contributed by atoms with Crippen molar-refractivity contribution in [3.63, 3.8) is 0 Å². The summed E-state index contributed by atoms with van der Waals surface area (Å²) in [5, 5.41) is 4.77. The first kappa shape index (κ1) is 33.4. The minimum absolute atomic E-state index is 0.786. The summed E-state index contributed by atoms with van der Waals surface area (Å²) in [6.07, 6.45) is 1.62. The van der Waals surface area contributed by atoms with Crippen molar-refractivity contribution in [1.29, 1.82) is 0 Å². The average Bonchev–Trinajstić information content (AvgIpc) is 3.63. The Balaban J connectivity index is 1.20. The van der Waals surface area contributed by atoms with Gasteiger partial charge in [0.2, 0.25) is 0 Å². The van der Waals surface area contributed by atoms with Gasteiger partial charge in [0.1, 0.15) is 11.2 Å². The molecule has 0 aliphatic heterocycles. The molecule has 56 heavy (non-hydrogen) atoms. The van der Waals surface area contributed by atoms with Crippen LogP contribution in [0.5, 0.6) is 0 Å². The first-order chi connectivity index (χ1) is 27.8. The zero-order valence-corrected chi connectivity index (χ0v) is 31.0. The van der Waals surface area contributed by atoms with Crippen LogP contribution in [0.15, 0.2) is 217 Å². The highest BCUT2D eigenvalue weighted by Crippen LogP contribution is 2.44. The van der Waals surface area contributed by atoms with Gasteiger partial charge in [0, 0.05) is 33.9 Å². The molecule has 2 heteroatoms. The fraction of sp³-hybridized carbons (Fsp3) is 0.0370. The monoisotopic (exact) mass is 717 g/mol. The van der Waals surface area contributed by atoms with Gasteiger partial charge in [0.15, 0.2) is 0 Å². The summed E-state index contributed by atoms with van der Waals surface area (Å²) < 4.78 is 6.41. The van der Waals surface area contributed by atoms with E-state index in [9.17, 15) is 0 Å². The molecule has 0 fully saturated rings. The minimum Gasteiger partial charge on any atom is -0.456 e. The fourth-order valence-electron chi connectivity index (χ4n) is 8.36. The van der Waals surface area contributed by atoms with Crippen LogP contribution < -0.4 is 4.90 Å². The third-order valence-corrected chi connectivity index (χ3v) is 11.0. The van der Waals surface area contributed by atoms with Crippen molar-refractivity contribution in [2.45, 2.75) is 12.8 Å². The van der Waals surface area contributed by atoms with Crippen molar-refractivity contribution >= 4 is 49.8 Å². The van der Waals surface area contributed by atoms with Crippen molar-refractivity contribution in [3.8, 4) is 22.3 Å². The Labute approximate surface area is 327 Å². The Morgan fingerprint density at radius 1 is 0.339 bits per heavy atom. The molecule has 266 valence electrons. The molecule has 1 heterocycles. The lowest BCUT2D eigenvalue weighted by Crippen LogP contribution is -2.10. The van der Waals surface area contributed by atoms with Crippen molar-refractivity contribution < 1.29 is 4.42 Å². The predicted molar refractivity (Wildman–Crippen MR) is 235 cm³/mol. The Morgan fingerprint density at radius 2 is 0.911 bits per heavy atom. The number of para-hydroxylation sites is 2. The Hall–Kier alpha value is -7.16. The second-order valence-corrected chi connectivity index (χ2v) is 14.5. The molecule has 0 N–H and O–H groups in total. The maximum absolute atomic E-state index is 6.41. The molecule has 0 saturated heterocycles. The lowest BCUT2D eigenvalue weighted by atomic mass is 9.84. The smallest absolute Gasteiger partial charge is 0.137 e. The van der Waals surface area contributed by atoms with Crippen LogP contribution in [0, 0.1) is 0 Å². The average molecular weight is 718 g/mol. The van der Waals surface area contributed by atoms with Gasteiger partial charge in [-0.2, -0.15) is 0 Å². The van der Waals surface area contributed by atoms with Crippen molar-refractivity contribution in [2.24, 2.45) is 0 Å². The van der Waals surface area contributed by atoms with Gasteiger partial charge >= 0.3 is 0 Å². The van der Waals surface area contributed by atoms with Gasteiger partial charge in [0.05, 0.1) is 0 Å². The lowest BCUT2D eigenvalue weighted by molar-refractivity contribution is 0.669. The predicted octanol–water partition coefficient (Wildman–Crippen LogP) is 14.7. The summed E-state index contributed by atoms with van der Waals surface area (Å²) in [6, 6.07) is 76.5. The van der Waals surface area contributed by atoms with E-state index in [4.69, 9.17) is 4.42 Å². The van der Waals surface area contributed by atoms with Crippen LogP contribution in [0.3, 0.4) is 0 Å². The van der Waals surface area contributed by atoms with Crippen molar-refractivity contribution in [2.75, 3.05) is 4.90 Å². The molecule has 0 unspecified atom stereocenters. The van der Waals surface area contributed by atoms with Crippen LogP contribution in [-0.2, 0) is 12.8 Å². The van der Waals surface area contributed by atoms with Crippen LogP contribution in [0.2, 0.25) is 0 Å². The molecule has 10 rings (SSSR count). The highest BCUT2D eigenvalue weighted by Gasteiger charge is 2.21. The molecular formula is C54H39NO. The normalized spacial score (nSPS) is 11.4. The largest absolute Gasteiger partial charge is 0.456 e. The molecule has 10 aromatic rings. The van der Waals surface area contributed by atoms with Crippen LogP contribution in [0.4, 0.5) is 17.1 Å². The molecule has 9 aromatic carbocycles. The van der Waals surface area contributed by atoms with Crippen LogP contribution in [-0.4, -0.2) is 0 Å². The quantitative estimate of drug-likeness (QED) is 0.148. The highest BCUT2D eigenvalue weighted by molar-refractivity contribution is 6.07. The van der Waals surface area contributed by atoms with Gasteiger partial charge in [-0.05, 0) is 111 Å². The number of benzene rings is 9. The van der Waals surface area contributed by atoms with Crippen molar-refractivity contribution in [1.82, 2.24) is 0 Å².